The summed E-state index contributed by atoms with van der Waals surface area (Å²) in [7, 11) is 0. The maximum absolute atomic E-state index is 13.2. The third-order valence-corrected chi connectivity index (χ3v) is 6.04. The molecule has 0 amide bonds. The first-order valence-corrected chi connectivity index (χ1v) is 10.5. The topological polar surface area (TPSA) is 34.9 Å². The van der Waals surface area contributed by atoms with Gasteiger partial charge in [0.1, 0.15) is 0 Å². The van der Waals surface area contributed by atoms with E-state index >= 15 is 0 Å². The van der Waals surface area contributed by atoms with E-state index < -0.39 is 0 Å². The Morgan fingerprint density at radius 1 is 0.893 bits per heavy atom. The number of thioether (sulfide) groups is 1. The van der Waals surface area contributed by atoms with Crippen molar-refractivity contribution in [1.29, 1.82) is 0 Å². The number of aromatic nitrogens is 2. The number of hydrogen-bond acceptors (Lipinski definition) is 3. The fraction of sp³-hybridized carbons (Fsp3) is 0.0909. The van der Waals surface area contributed by atoms with Crippen molar-refractivity contribution in [3.8, 4) is 0 Å². The van der Waals surface area contributed by atoms with Gasteiger partial charge in [-0.1, -0.05) is 77.4 Å². The quantitative estimate of drug-likeness (QED) is 0.288. The van der Waals surface area contributed by atoms with Crippen molar-refractivity contribution in [2.24, 2.45) is 0 Å². The summed E-state index contributed by atoms with van der Waals surface area (Å²) < 4.78 is 1.72. The normalized spacial score (nSPS) is 11.1. The molecule has 0 spiro atoms. The molecule has 140 valence electrons. The van der Waals surface area contributed by atoms with Crippen molar-refractivity contribution < 1.29 is 0 Å². The van der Waals surface area contributed by atoms with E-state index in [1.165, 1.54) is 11.8 Å². The highest BCUT2D eigenvalue weighted by molar-refractivity contribution is 7.98. The fourth-order valence-corrected chi connectivity index (χ4v) is 4.34. The van der Waals surface area contributed by atoms with Gasteiger partial charge in [-0.25, -0.2) is 4.98 Å². The van der Waals surface area contributed by atoms with Crippen LogP contribution in [0, 0.1) is 0 Å². The second-order valence-corrected chi connectivity index (χ2v) is 8.10. The average Bonchev–Trinajstić information content (AvgIpc) is 2.71. The Kier molecular flexibility index (Phi) is 5.72. The van der Waals surface area contributed by atoms with Gasteiger partial charge in [0.2, 0.25) is 0 Å². The molecule has 28 heavy (non-hydrogen) atoms. The molecular formula is C22H16Cl2N2OS. The molecule has 1 aromatic heterocycles. The zero-order chi connectivity index (χ0) is 19.5. The van der Waals surface area contributed by atoms with Gasteiger partial charge in [0.15, 0.2) is 5.16 Å². The van der Waals surface area contributed by atoms with Crippen LogP contribution in [-0.4, -0.2) is 9.55 Å². The van der Waals surface area contributed by atoms with Crippen molar-refractivity contribution in [1.82, 2.24) is 9.55 Å². The smallest absolute Gasteiger partial charge is 0.262 e. The highest BCUT2D eigenvalue weighted by atomic mass is 35.5. The van der Waals surface area contributed by atoms with E-state index in [4.69, 9.17) is 28.2 Å². The van der Waals surface area contributed by atoms with E-state index in [2.05, 4.69) is 0 Å². The molecule has 0 aliphatic heterocycles. The molecule has 6 heteroatoms. The summed E-state index contributed by atoms with van der Waals surface area (Å²) in [6.45, 7) is 0.429. The SMILES string of the molecule is O=c1c2ccccc2nc(SCc2ccccc2Cl)n1Cc1ccc(Cl)cc1. The van der Waals surface area contributed by atoms with Crippen LogP contribution in [0.3, 0.4) is 0 Å². The zero-order valence-corrected chi connectivity index (χ0v) is 17.1. The third-order valence-electron chi connectivity index (χ3n) is 4.40. The molecule has 0 atom stereocenters. The van der Waals surface area contributed by atoms with Crippen molar-refractivity contribution in [2.45, 2.75) is 17.5 Å². The minimum absolute atomic E-state index is 0.0535. The van der Waals surface area contributed by atoms with Crippen LogP contribution in [0.5, 0.6) is 0 Å². The minimum atomic E-state index is -0.0535. The summed E-state index contributed by atoms with van der Waals surface area (Å²) in [6, 6.07) is 22.6. The van der Waals surface area contributed by atoms with Crippen LogP contribution in [0.25, 0.3) is 10.9 Å². The monoisotopic (exact) mass is 426 g/mol. The van der Waals surface area contributed by atoms with E-state index in [-0.39, 0.29) is 5.56 Å². The Labute approximate surface area is 176 Å². The summed E-state index contributed by atoms with van der Waals surface area (Å²) in [4.78, 5) is 17.9. The van der Waals surface area contributed by atoms with E-state index in [1.807, 2.05) is 72.8 Å². The van der Waals surface area contributed by atoms with Crippen LogP contribution in [-0.2, 0) is 12.3 Å². The maximum atomic E-state index is 13.2. The van der Waals surface area contributed by atoms with Crippen molar-refractivity contribution in [3.05, 3.63) is 104 Å². The molecule has 0 N–H and O–H groups in total. The number of nitrogens with zero attached hydrogens (tertiary/aromatic N) is 2. The molecule has 0 unspecified atom stereocenters. The largest absolute Gasteiger partial charge is 0.283 e. The summed E-state index contributed by atoms with van der Waals surface area (Å²) in [5, 5.41) is 2.65. The predicted octanol–water partition coefficient (Wildman–Crippen LogP) is 6.04. The van der Waals surface area contributed by atoms with Gasteiger partial charge in [-0.3, -0.25) is 9.36 Å². The lowest BCUT2D eigenvalue weighted by molar-refractivity contribution is 0.658. The van der Waals surface area contributed by atoms with Crippen LogP contribution in [0.15, 0.2) is 82.7 Å². The van der Waals surface area contributed by atoms with E-state index in [1.54, 1.807) is 4.57 Å². The summed E-state index contributed by atoms with van der Waals surface area (Å²) in [6.07, 6.45) is 0. The van der Waals surface area contributed by atoms with E-state index in [0.29, 0.717) is 38.4 Å². The van der Waals surface area contributed by atoms with Gasteiger partial charge >= 0.3 is 0 Å². The van der Waals surface area contributed by atoms with Gasteiger partial charge < -0.3 is 0 Å². The van der Waals surface area contributed by atoms with Gasteiger partial charge in [-0.05, 0) is 41.5 Å². The lowest BCUT2D eigenvalue weighted by Gasteiger charge is -2.14. The van der Waals surface area contributed by atoms with Gasteiger partial charge in [-0.2, -0.15) is 0 Å². The number of benzene rings is 3. The first-order chi connectivity index (χ1) is 13.6. The standard InChI is InChI=1S/C22H16Cl2N2OS/c23-17-11-9-15(10-12-17)13-26-21(27)18-6-2-4-8-20(18)25-22(26)28-14-16-5-1-3-7-19(16)24/h1-12H,13-14H2. The van der Waals surface area contributed by atoms with Crippen LogP contribution in [0.4, 0.5) is 0 Å². The van der Waals surface area contributed by atoms with Crippen molar-refractivity contribution in [2.75, 3.05) is 0 Å². The van der Waals surface area contributed by atoms with Crippen molar-refractivity contribution >= 4 is 45.9 Å². The Morgan fingerprint density at radius 2 is 1.61 bits per heavy atom. The van der Waals surface area contributed by atoms with Gasteiger partial charge in [0.25, 0.3) is 5.56 Å². The minimum Gasteiger partial charge on any atom is -0.283 e. The highest BCUT2D eigenvalue weighted by Gasteiger charge is 2.13. The Hall–Kier alpha value is -2.27. The number of para-hydroxylation sites is 1. The van der Waals surface area contributed by atoms with Gasteiger partial charge in [0.05, 0.1) is 17.4 Å². The second-order valence-electron chi connectivity index (χ2n) is 6.31. The molecule has 0 radical (unpaired) electrons. The van der Waals surface area contributed by atoms with Crippen molar-refractivity contribution in [3.63, 3.8) is 0 Å². The second kappa shape index (κ2) is 8.39. The molecule has 0 aliphatic rings. The van der Waals surface area contributed by atoms with E-state index in [0.717, 1.165) is 11.1 Å². The average molecular weight is 427 g/mol. The Bertz CT molecular complexity index is 1190. The summed E-state index contributed by atoms with van der Waals surface area (Å²) >= 11 is 13.8. The lowest BCUT2D eigenvalue weighted by atomic mass is 10.2. The highest BCUT2D eigenvalue weighted by Crippen LogP contribution is 2.26. The maximum Gasteiger partial charge on any atom is 0.262 e. The van der Waals surface area contributed by atoms with E-state index in [9.17, 15) is 4.79 Å². The molecule has 0 fully saturated rings. The van der Waals surface area contributed by atoms with Gasteiger partial charge in [0, 0.05) is 15.8 Å². The van der Waals surface area contributed by atoms with Crippen LogP contribution in [0.2, 0.25) is 10.0 Å². The Balaban J connectivity index is 1.75. The number of hydrogen-bond donors (Lipinski definition) is 0. The molecular weight excluding hydrogens is 411 g/mol. The first-order valence-electron chi connectivity index (χ1n) is 8.72. The predicted molar refractivity (Wildman–Crippen MR) is 118 cm³/mol. The van der Waals surface area contributed by atoms with Crippen LogP contribution < -0.4 is 5.56 Å². The van der Waals surface area contributed by atoms with Gasteiger partial charge in [-0.15, -0.1) is 0 Å². The molecule has 3 nitrogen and oxygen atoms in total. The lowest BCUT2D eigenvalue weighted by Crippen LogP contribution is -2.24. The fourth-order valence-electron chi connectivity index (χ4n) is 2.93. The summed E-state index contributed by atoms with van der Waals surface area (Å²) in [5.74, 6) is 0.630. The molecule has 4 rings (SSSR count). The number of fused-ring (bicyclic) bond motifs is 1. The Morgan fingerprint density at radius 3 is 2.39 bits per heavy atom. The third kappa shape index (κ3) is 4.09. The first kappa shape index (κ1) is 19.1. The number of halogens is 2. The summed E-state index contributed by atoms with van der Waals surface area (Å²) in [5.41, 5.74) is 2.64. The zero-order valence-electron chi connectivity index (χ0n) is 14.8. The molecule has 0 saturated carbocycles. The van der Waals surface area contributed by atoms with Crippen LogP contribution in [0.1, 0.15) is 11.1 Å². The molecule has 0 saturated heterocycles. The molecule has 3 aromatic carbocycles. The molecule has 0 aliphatic carbocycles. The van der Waals surface area contributed by atoms with Crippen LogP contribution >= 0.6 is 35.0 Å². The molecule has 4 aromatic rings. The molecule has 0 bridgehead atoms. The molecule has 1 heterocycles. The number of rotatable bonds is 5.